The second kappa shape index (κ2) is 6.43. The molecule has 0 spiro atoms. The topological polar surface area (TPSA) is 57.6 Å². The predicted octanol–water partition coefficient (Wildman–Crippen LogP) is 2.51. The van der Waals surface area contributed by atoms with Crippen molar-refractivity contribution in [2.75, 3.05) is 13.7 Å². The van der Waals surface area contributed by atoms with Crippen molar-refractivity contribution >= 4 is 21.6 Å². The van der Waals surface area contributed by atoms with Gasteiger partial charge in [0, 0.05) is 19.7 Å². The first-order valence-electron chi connectivity index (χ1n) is 6.80. The summed E-state index contributed by atoms with van der Waals surface area (Å²) in [7, 11) is -1.94. The summed E-state index contributed by atoms with van der Waals surface area (Å²) in [5.41, 5.74) is 0. The molecule has 112 valence electrons. The van der Waals surface area contributed by atoms with Gasteiger partial charge in [-0.2, -0.15) is 4.31 Å². The van der Waals surface area contributed by atoms with Crippen LogP contribution in [0.25, 0.3) is 0 Å². The molecule has 0 aromatic heterocycles. The minimum Gasteiger partial charge on any atom is -0.396 e. The number of hydrogen-bond acceptors (Lipinski definition) is 3. The fourth-order valence-corrected chi connectivity index (χ4v) is 4.60. The first-order valence-corrected chi connectivity index (χ1v) is 8.62. The smallest absolute Gasteiger partial charge is 0.244 e. The Morgan fingerprint density at radius 3 is 2.40 bits per heavy atom. The Morgan fingerprint density at radius 2 is 1.85 bits per heavy atom. The van der Waals surface area contributed by atoms with Crippen molar-refractivity contribution in [2.24, 2.45) is 5.92 Å². The van der Waals surface area contributed by atoms with Crippen LogP contribution in [0.3, 0.4) is 0 Å². The van der Waals surface area contributed by atoms with Crippen LogP contribution >= 0.6 is 11.6 Å². The van der Waals surface area contributed by atoms with Crippen LogP contribution < -0.4 is 0 Å². The van der Waals surface area contributed by atoms with Gasteiger partial charge >= 0.3 is 0 Å². The van der Waals surface area contributed by atoms with Crippen LogP contribution in [-0.2, 0) is 10.0 Å². The molecule has 0 saturated heterocycles. The van der Waals surface area contributed by atoms with E-state index in [0.29, 0.717) is 5.92 Å². The molecule has 1 aliphatic rings. The Labute approximate surface area is 125 Å². The van der Waals surface area contributed by atoms with Gasteiger partial charge < -0.3 is 5.11 Å². The van der Waals surface area contributed by atoms with E-state index in [9.17, 15) is 8.42 Å². The van der Waals surface area contributed by atoms with Gasteiger partial charge in [0.2, 0.25) is 10.0 Å². The van der Waals surface area contributed by atoms with Crippen LogP contribution in [0.4, 0.5) is 0 Å². The van der Waals surface area contributed by atoms with E-state index in [0.717, 1.165) is 25.7 Å². The maximum Gasteiger partial charge on any atom is 0.244 e. The van der Waals surface area contributed by atoms with Gasteiger partial charge in [0.05, 0.1) is 5.02 Å². The van der Waals surface area contributed by atoms with Gasteiger partial charge in [-0.15, -0.1) is 0 Å². The molecule has 1 aliphatic carbocycles. The summed E-state index contributed by atoms with van der Waals surface area (Å²) in [6.07, 6.45) is 3.30. The lowest BCUT2D eigenvalue weighted by Gasteiger charge is -2.33. The summed E-state index contributed by atoms with van der Waals surface area (Å²) in [5, 5.41) is 9.39. The molecule has 20 heavy (non-hydrogen) atoms. The zero-order chi connectivity index (χ0) is 14.8. The maximum absolute atomic E-state index is 12.6. The van der Waals surface area contributed by atoms with Gasteiger partial charge in [-0.3, -0.25) is 0 Å². The molecule has 1 saturated carbocycles. The minimum atomic E-state index is -3.55. The molecule has 1 N–H and O–H groups in total. The van der Waals surface area contributed by atoms with Gasteiger partial charge in [-0.25, -0.2) is 8.42 Å². The molecule has 0 heterocycles. The van der Waals surface area contributed by atoms with Crippen molar-refractivity contribution in [2.45, 2.75) is 36.6 Å². The molecular weight excluding hydrogens is 298 g/mol. The van der Waals surface area contributed by atoms with E-state index in [4.69, 9.17) is 16.7 Å². The number of benzene rings is 1. The Bertz CT molecular complexity index is 553. The summed E-state index contributed by atoms with van der Waals surface area (Å²) in [4.78, 5) is 0.161. The molecule has 2 rings (SSSR count). The largest absolute Gasteiger partial charge is 0.396 e. The van der Waals surface area contributed by atoms with Crippen LogP contribution in [0.5, 0.6) is 0 Å². The fraction of sp³-hybridized carbons (Fsp3) is 0.571. The molecule has 0 bridgehead atoms. The number of aliphatic hydroxyl groups excluding tert-OH is 1. The summed E-state index contributed by atoms with van der Waals surface area (Å²) in [6, 6.07) is 6.50. The first kappa shape index (κ1) is 15.8. The third kappa shape index (κ3) is 3.17. The SMILES string of the molecule is CN(C1CCC(CO)CC1)S(=O)(=O)c1ccccc1Cl. The van der Waals surface area contributed by atoms with E-state index >= 15 is 0 Å². The molecule has 6 heteroatoms. The standard InChI is InChI=1S/C14H20ClNO3S/c1-16(12-8-6-11(10-17)7-9-12)20(18,19)14-5-3-2-4-13(14)15/h2-5,11-12,17H,6-10H2,1H3. The third-order valence-corrected chi connectivity index (χ3v) is 6.49. The number of aliphatic hydroxyl groups is 1. The predicted molar refractivity (Wildman–Crippen MR) is 79.2 cm³/mol. The van der Waals surface area contributed by atoms with E-state index < -0.39 is 10.0 Å². The highest BCUT2D eigenvalue weighted by atomic mass is 35.5. The summed E-state index contributed by atoms with van der Waals surface area (Å²) in [5.74, 6) is 0.308. The highest BCUT2D eigenvalue weighted by Crippen LogP contribution is 2.31. The third-order valence-electron chi connectivity index (χ3n) is 4.08. The zero-order valence-corrected chi connectivity index (χ0v) is 13.1. The lowest BCUT2D eigenvalue weighted by Crippen LogP contribution is -2.39. The number of sulfonamides is 1. The normalized spacial score (nSPS) is 24.0. The van der Waals surface area contributed by atoms with Crippen LogP contribution in [0.2, 0.25) is 5.02 Å². The second-order valence-corrected chi connectivity index (χ2v) is 7.68. The van der Waals surface area contributed by atoms with Crippen molar-refractivity contribution < 1.29 is 13.5 Å². The van der Waals surface area contributed by atoms with Crippen molar-refractivity contribution in [3.63, 3.8) is 0 Å². The lowest BCUT2D eigenvalue weighted by atomic mass is 9.87. The molecule has 1 aromatic carbocycles. The van der Waals surface area contributed by atoms with Crippen molar-refractivity contribution in [3.05, 3.63) is 29.3 Å². The van der Waals surface area contributed by atoms with Crippen LogP contribution in [0, 0.1) is 5.92 Å². The summed E-state index contributed by atoms with van der Waals surface area (Å²) < 4.78 is 26.6. The molecule has 4 nitrogen and oxygen atoms in total. The van der Waals surface area contributed by atoms with Crippen LogP contribution in [0.15, 0.2) is 29.2 Å². The summed E-state index contributed by atoms with van der Waals surface area (Å²) in [6.45, 7) is 0.188. The average molecular weight is 318 g/mol. The van der Waals surface area contributed by atoms with E-state index in [2.05, 4.69) is 0 Å². The second-order valence-electron chi connectivity index (χ2n) is 5.31. The fourth-order valence-electron chi connectivity index (χ4n) is 2.70. The Hall–Kier alpha value is -0.620. The zero-order valence-electron chi connectivity index (χ0n) is 11.5. The highest BCUT2D eigenvalue weighted by molar-refractivity contribution is 7.89. The van der Waals surface area contributed by atoms with Crippen molar-refractivity contribution in [1.29, 1.82) is 0 Å². The molecule has 1 aromatic rings. The Morgan fingerprint density at radius 1 is 1.25 bits per heavy atom. The van der Waals surface area contributed by atoms with Crippen molar-refractivity contribution in [3.8, 4) is 0 Å². The lowest BCUT2D eigenvalue weighted by molar-refractivity contribution is 0.159. The van der Waals surface area contributed by atoms with Gasteiger partial charge in [0.1, 0.15) is 4.90 Å². The maximum atomic E-state index is 12.6. The Kier molecular flexibility index (Phi) is 5.07. The van der Waals surface area contributed by atoms with Gasteiger partial charge in [-0.05, 0) is 43.7 Å². The van der Waals surface area contributed by atoms with Gasteiger partial charge in [-0.1, -0.05) is 23.7 Å². The highest BCUT2D eigenvalue weighted by Gasteiger charge is 2.32. The molecule has 0 amide bonds. The minimum absolute atomic E-state index is 0.0147. The van der Waals surface area contributed by atoms with E-state index in [1.807, 2.05) is 0 Å². The van der Waals surface area contributed by atoms with Crippen LogP contribution in [-0.4, -0.2) is 37.5 Å². The van der Waals surface area contributed by atoms with Crippen LogP contribution in [0.1, 0.15) is 25.7 Å². The molecule has 1 fully saturated rings. The quantitative estimate of drug-likeness (QED) is 0.928. The molecule has 0 unspecified atom stereocenters. The van der Waals surface area contributed by atoms with Crippen molar-refractivity contribution in [1.82, 2.24) is 4.31 Å². The number of rotatable bonds is 4. The Balaban J connectivity index is 2.16. The average Bonchev–Trinajstić information content (AvgIpc) is 2.47. The first-order chi connectivity index (χ1) is 9.46. The van der Waals surface area contributed by atoms with Gasteiger partial charge in [0.15, 0.2) is 0 Å². The molecule has 0 radical (unpaired) electrons. The molecule has 0 atom stereocenters. The molecular formula is C14H20ClNO3S. The number of halogens is 1. The van der Waals surface area contributed by atoms with E-state index in [-0.39, 0.29) is 22.6 Å². The van der Waals surface area contributed by atoms with E-state index in [1.165, 1.54) is 10.4 Å². The van der Waals surface area contributed by atoms with Gasteiger partial charge in [0.25, 0.3) is 0 Å². The number of nitrogens with zero attached hydrogens (tertiary/aromatic N) is 1. The van der Waals surface area contributed by atoms with E-state index in [1.54, 1.807) is 25.2 Å². The number of hydrogen-bond donors (Lipinski definition) is 1. The monoisotopic (exact) mass is 317 g/mol. The molecule has 0 aliphatic heterocycles. The summed E-state index contributed by atoms with van der Waals surface area (Å²) >= 11 is 6.00.